The topological polar surface area (TPSA) is 76.1 Å². The predicted octanol–water partition coefficient (Wildman–Crippen LogP) is 4.42. The monoisotopic (exact) mass is 405 g/mol. The first-order chi connectivity index (χ1) is 14.5. The Morgan fingerprint density at radius 1 is 1.10 bits per heavy atom. The van der Waals surface area contributed by atoms with Crippen LogP contribution in [0.4, 0.5) is 0 Å². The number of aliphatic carboxylic acids is 1. The van der Waals surface area contributed by atoms with Crippen molar-refractivity contribution in [3.05, 3.63) is 71.3 Å². The smallest absolute Gasteiger partial charge is 0.305 e. The Hall–Kier alpha value is -3.54. The number of methoxy groups -OCH3 is 1. The van der Waals surface area contributed by atoms with Crippen LogP contribution in [0.2, 0.25) is 0 Å². The van der Waals surface area contributed by atoms with Crippen molar-refractivity contribution < 1.29 is 24.2 Å². The van der Waals surface area contributed by atoms with Crippen molar-refractivity contribution in [1.82, 2.24) is 4.90 Å². The molecule has 1 N–H and O–H groups in total. The highest BCUT2D eigenvalue weighted by molar-refractivity contribution is 6.03. The summed E-state index contributed by atoms with van der Waals surface area (Å²) in [7, 11) is 1.54. The van der Waals surface area contributed by atoms with Gasteiger partial charge in [-0.25, -0.2) is 0 Å². The zero-order valence-electron chi connectivity index (χ0n) is 16.9. The molecule has 6 nitrogen and oxygen atoms in total. The van der Waals surface area contributed by atoms with Crippen LogP contribution >= 0.6 is 0 Å². The number of carboxylic acids is 1. The molecule has 6 heteroatoms. The molecule has 0 spiro atoms. The van der Waals surface area contributed by atoms with Crippen molar-refractivity contribution in [3.63, 3.8) is 0 Å². The van der Waals surface area contributed by atoms with E-state index in [9.17, 15) is 14.7 Å². The molecular weight excluding hydrogens is 382 g/mol. The van der Waals surface area contributed by atoms with Crippen LogP contribution in [0.15, 0.2) is 54.6 Å². The van der Waals surface area contributed by atoms with Gasteiger partial charge in [0.2, 0.25) is 0 Å². The summed E-state index contributed by atoms with van der Waals surface area (Å²) in [5.74, 6) is -0.0311. The van der Waals surface area contributed by atoms with Gasteiger partial charge in [0.25, 0.3) is 5.91 Å². The highest BCUT2D eigenvalue weighted by atomic mass is 16.5. The first-order valence-electron chi connectivity index (χ1n) is 9.87. The Morgan fingerprint density at radius 3 is 2.50 bits per heavy atom. The molecular formula is C24H23NO5. The number of carbonyl (C=O) groups is 2. The summed E-state index contributed by atoms with van der Waals surface area (Å²) in [6.45, 7) is 2.74. The van der Waals surface area contributed by atoms with E-state index in [4.69, 9.17) is 9.47 Å². The molecule has 0 saturated heterocycles. The fourth-order valence-electron chi connectivity index (χ4n) is 4.02. The van der Waals surface area contributed by atoms with Crippen LogP contribution in [0.5, 0.6) is 11.5 Å². The van der Waals surface area contributed by atoms with Gasteiger partial charge in [-0.15, -0.1) is 0 Å². The maximum atomic E-state index is 13.2. The molecule has 0 radical (unpaired) electrons. The largest absolute Gasteiger partial charge is 0.493 e. The molecule has 0 bridgehead atoms. The lowest BCUT2D eigenvalue weighted by Gasteiger charge is -2.27. The summed E-state index contributed by atoms with van der Waals surface area (Å²) in [4.78, 5) is 26.5. The van der Waals surface area contributed by atoms with Crippen LogP contribution in [0, 0.1) is 0 Å². The summed E-state index contributed by atoms with van der Waals surface area (Å²) in [5, 5.41) is 11.6. The van der Waals surface area contributed by atoms with Crippen molar-refractivity contribution in [3.8, 4) is 11.5 Å². The SMILES string of the molecule is CCOc1ccc(C(CC(=O)O)N2Cc3cc4ccccc4cc3C2=O)cc1OC. The van der Waals surface area contributed by atoms with Crippen LogP contribution in [-0.4, -0.2) is 35.6 Å². The van der Waals surface area contributed by atoms with E-state index in [0.717, 1.165) is 16.3 Å². The predicted molar refractivity (Wildman–Crippen MR) is 113 cm³/mol. The lowest BCUT2D eigenvalue weighted by atomic mass is 10.0. The molecule has 1 amide bonds. The van der Waals surface area contributed by atoms with Crippen LogP contribution in [0.3, 0.4) is 0 Å². The molecule has 0 aliphatic carbocycles. The number of hydrogen-bond acceptors (Lipinski definition) is 4. The summed E-state index contributed by atoms with van der Waals surface area (Å²) in [5.41, 5.74) is 2.23. The fourth-order valence-corrected chi connectivity index (χ4v) is 4.02. The Morgan fingerprint density at radius 2 is 1.83 bits per heavy atom. The van der Waals surface area contributed by atoms with E-state index in [1.165, 1.54) is 7.11 Å². The summed E-state index contributed by atoms with van der Waals surface area (Å²) >= 11 is 0. The lowest BCUT2D eigenvalue weighted by molar-refractivity contribution is -0.138. The average Bonchev–Trinajstić information content (AvgIpc) is 3.06. The number of rotatable bonds is 7. The second-order valence-corrected chi connectivity index (χ2v) is 7.25. The quantitative estimate of drug-likeness (QED) is 0.630. The molecule has 1 atom stereocenters. The lowest BCUT2D eigenvalue weighted by Crippen LogP contribution is -2.31. The number of hydrogen-bond donors (Lipinski definition) is 1. The molecule has 30 heavy (non-hydrogen) atoms. The zero-order chi connectivity index (χ0) is 21.3. The van der Waals surface area contributed by atoms with Gasteiger partial charge in [0.1, 0.15) is 0 Å². The Bertz CT molecular complexity index is 1120. The van der Waals surface area contributed by atoms with Crippen LogP contribution in [-0.2, 0) is 11.3 Å². The second kappa shape index (κ2) is 8.06. The second-order valence-electron chi connectivity index (χ2n) is 7.25. The molecule has 3 aromatic rings. The van der Waals surface area contributed by atoms with Gasteiger partial charge in [-0.05, 0) is 53.1 Å². The molecule has 0 fully saturated rings. The Labute approximate surface area is 174 Å². The summed E-state index contributed by atoms with van der Waals surface area (Å²) < 4.78 is 11.0. The van der Waals surface area contributed by atoms with E-state index in [1.54, 1.807) is 23.1 Å². The Balaban J connectivity index is 1.73. The highest BCUT2D eigenvalue weighted by Gasteiger charge is 2.35. The molecule has 154 valence electrons. The van der Waals surface area contributed by atoms with Crippen molar-refractivity contribution in [1.29, 1.82) is 0 Å². The van der Waals surface area contributed by atoms with Gasteiger partial charge in [-0.3, -0.25) is 9.59 Å². The highest BCUT2D eigenvalue weighted by Crippen LogP contribution is 2.38. The number of fused-ring (bicyclic) bond motifs is 2. The van der Waals surface area contributed by atoms with E-state index in [-0.39, 0.29) is 12.3 Å². The van der Waals surface area contributed by atoms with Crippen molar-refractivity contribution in [2.75, 3.05) is 13.7 Å². The fraction of sp³-hybridized carbons (Fsp3) is 0.250. The van der Waals surface area contributed by atoms with E-state index in [1.807, 2.05) is 43.3 Å². The van der Waals surface area contributed by atoms with E-state index in [2.05, 4.69) is 0 Å². The van der Waals surface area contributed by atoms with E-state index >= 15 is 0 Å². The van der Waals surface area contributed by atoms with E-state index < -0.39 is 12.0 Å². The summed E-state index contributed by atoms with van der Waals surface area (Å²) in [6.07, 6.45) is -0.198. The van der Waals surface area contributed by atoms with Gasteiger partial charge in [0.15, 0.2) is 11.5 Å². The number of carboxylic acid groups (broad SMARTS) is 1. The van der Waals surface area contributed by atoms with Crippen LogP contribution in [0.1, 0.15) is 40.9 Å². The molecule has 0 aromatic heterocycles. The standard InChI is InChI=1S/C24H23NO5/c1-3-30-21-9-8-17(12-22(21)29-2)20(13-23(26)27)25-14-18-10-15-6-4-5-7-16(15)11-19(18)24(25)28/h4-12,20H,3,13-14H2,1-2H3,(H,26,27). The third-order valence-electron chi connectivity index (χ3n) is 5.42. The van der Waals surface area contributed by atoms with Gasteiger partial charge in [-0.1, -0.05) is 30.3 Å². The molecule has 4 rings (SSSR count). The normalized spacial score (nSPS) is 13.9. The number of amides is 1. The van der Waals surface area contributed by atoms with Crippen molar-refractivity contribution in [2.45, 2.75) is 25.9 Å². The molecule has 3 aromatic carbocycles. The first kappa shape index (κ1) is 19.8. The minimum absolute atomic E-state index is 0.158. The molecule has 1 aliphatic rings. The van der Waals surface area contributed by atoms with Crippen LogP contribution in [0.25, 0.3) is 10.8 Å². The van der Waals surface area contributed by atoms with Gasteiger partial charge in [-0.2, -0.15) is 0 Å². The van der Waals surface area contributed by atoms with Crippen LogP contribution < -0.4 is 9.47 Å². The minimum Gasteiger partial charge on any atom is -0.493 e. The minimum atomic E-state index is -0.971. The Kier molecular flexibility index (Phi) is 5.31. The number of benzene rings is 3. The van der Waals surface area contributed by atoms with Crippen molar-refractivity contribution >= 4 is 22.6 Å². The zero-order valence-corrected chi connectivity index (χ0v) is 16.9. The van der Waals surface area contributed by atoms with Gasteiger partial charge < -0.3 is 19.5 Å². The molecule has 1 aliphatic heterocycles. The summed E-state index contributed by atoms with van der Waals surface area (Å²) in [6, 6.07) is 16.5. The molecule has 1 unspecified atom stereocenters. The van der Waals surface area contributed by atoms with Crippen molar-refractivity contribution in [2.24, 2.45) is 0 Å². The third kappa shape index (κ3) is 3.56. The van der Waals surface area contributed by atoms with Gasteiger partial charge in [0.05, 0.1) is 26.2 Å². The molecule has 0 saturated carbocycles. The maximum Gasteiger partial charge on any atom is 0.305 e. The molecule has 1 heterocycles. The van der Waals surface area contributed by atoms with Gasteiger partial charge in [0, 0.05) is 12.1 Å². The first-order valence-corrected chi connectivity index (χ1v) is 9.87. The number of carbonyl (C=O) groups excluding carboxylic acids is 1. The number of ether oxygens (including phenoxy) is 2. The maximum absolute atomic E-state index is 13.2. The average molecular weight is 405 g/mol. The van der Waals surface area contributed by atoms with E-state index in [0.29, 0.717) is 35.8 Å². The third-order valence-corrected chi connectivity index (χ3v) is 5.42. The number of nitrogens with zero attached hydrogens (tertiary/aromatic N) is 1. The van der Waals surface area contributed by atoms with Gasteiger partial charge >= 0.3 is 5.97 Å².